The SMILES string of the molecule is CC(C)[C@@](C#N)(CCCCC(=O)N1CCC[C@@H]1C(=O)NCc1cccc(Cl)c1)c1ccccc1. The standard InChI is InChI=1S/C28H34ClN3O2/c1-21(2)28(20-30,23-11-4-3-5-12-23)16-7-6-15-26(33)32-17-9-14-25(32)27(34)31-19-22-10-8-13-24(29)18-22/h3-5,8,10-13,18,21,25H,6-7,9,14-17,19H2,1-2H3,(H,31,34)/t25-,28+/m1/s1. The van der Waals surface area contributed by atoms with Gasteiger partial charge >= 0.3 is 0 Å². The van der Waals surface area contributed by atoms with Crippen LogP contribution < -0.4 is 5.32 Å². The number of halogens is 1. The average Bonchev–Trinajstić information content (AvgIpc) is 3.33. The molecule has 2 aromatic rings. The molecule has 34 heavy (non-hydrogen) atoms. The molecule has 0 aromatic heterocycles. The highest BCUT2D eigenvalue weighted by Gasteiger charge is 2.36. The van der Waals surface area contributed by atoms with E-state index in [2.05, 4.69) is 25.2 Å². The van der Waals surface area contributed by atoms with E-state index >= 15 is 0 Å². The van der Waals surface area contributed by atoms with Crippen molar-refractivity contribution in [3.63, 3.8) is 0 Å². The van der Waals surface area contributed by atoms with Crippen LogP contribution in [-0.4, -0.2) is 29.3 Å². The largest absolute Gasteiger partial charge is 0.350 e. The number of likely N-dealkylation sites (tertiary alicyclic amines) is 1. The Bertz CT molecular complexity index is 1020. The van der Waals surface area contributed by atoms with Crippen LogP contribution in [0, 0.1) is 17.2 Å². The lowest BCUT2D eigenvalue weighted by Gasteiger charge is -2.31. The fourth-order valence-electron chi connectivity index (χ4n) is 4.87. The molecule has 6 heteroatoms. The summed E-state index contributed by atoms with van der Waals surface area (Å²) in [5.74, 6) is 0.0761. The fourth-order valence-corrected chi connectivity index (χ4v) is 5.08. The minimum Gasteiger partial charge on any atom is -0.350 e. The third-order valence-corrected chi connectivity index (χ3v) is 7.15. The van der Waals surface area contributed by atoms with E-state index in [1.54, 1.807) is 11.0 Å². The van der Waals surface area contributed by atoms with Gasteiger partial charge in [-0.3, -0.25) is 9.59 Å². The quantitative estimate of drug-likeness (QED) is 0.449. The van der Waals surface area contributed by atoms with Crippen molar-refractivity contribution in [1.29, 1.82) is 5.26 Å². The second kappa shape index (κ2) is 12.0. The van der Waals surface area contributed by atoms with Crippen molar-refractivity contribution < 1.29 is 9.59 Å². The van der Waals surface area contributed by atoms with Crippen molar-refractivity contribution in [2.75, 3.05) is 6.54 Å². The number of carbonyl (C=O) groups is 2. The number of benzene rings is 2. The second-order valence-corrected chi connectivity index (χ2v) is 9.84. The zero-order valence-corrected chi connectivity index (χ0v) is 20.9. The summed E-state index contributed by atoms with van der Waals surface area (Å²) in [4.78, 5) is 27.4. The van der Waals surface area contributed by atoms with Gasteiger partial charge in [-0.2, -0.15) is 5.26 Å². The maximum atomic E-state index is 12.9. The predicted octanol–water partition coefficient (Wildman–Crippen LogP) is 5.63. The van der Waals surface area contributed by atoms with Crippen LogP contribution in [0.5, 0.6) is 0 Å². The van der Waals surface area contributed by atoms with E-state index in [4.69, 9.17) is 11.6 Å². The van der Waals surface area contributed by atoms with Gasteiger partial charge < -0.3 is 10.2 Å². The number of unbranched alkanes of at least 4 members (excludes halogenated alkanes) is 1. The maximum Gasteiger partial charge on any atom is 0.243 e. The smallest absolute Gasteiger partial charge is 0.243 e. The van der Waals surface area contributed by atoms with Crippen molar-refractivity contribution in [2.45, 2.75) is 70.4 Å². The van der Waals surface area contributed by atoms with Crippen molar-refractivity contribution >= 4 is 23.4 Å². The summed E-state index contributed by atoms with van der Waals surface area (Å²) in [7, 11) is 0. The molecule has 3 rings (SSSR count). The molecule has 1 aliphatic rings. The minimum atomic E-state index is -0.555. The first-order chi connectivity index (χ1) is 16.4. The highest BCUT2D eigenvalue weighted by Crippen LogP contribution is 2.37. The van der Waals surface area contributed by atoms with E-state index in [1.807, 2.05) is 48.5 Å². The molecule has 0 radical (unpaired) electrons. The van der Waals surface area contributed by atoms with Gasteiger partial charge in [0.15, 0.2) is 0 Å². The topological polar surface area (TPSA) is 73.2 Å². The average molecular weight is 480 g/mol. The Kier molecular flexibility index (Phi) is 9.12. The zero-order chi connectivity index (χ0) is 24.6. The minimum absolute atomic E-state index is 0.0206. The number of hydrogen-bond donors (Lipinski definition) is 1. The number of hydrogen-bond acceptors (Lipinski definition) is 3. The lowest BCUT2D eigenvalue weighted by Crippen LogP contribution is -2.45. The van der Waals surface area contributed by atoms with Crippen molar-refractivity contribution in [1.82, 2.24) is 10.2 Å². The third-order valence-electron chi connectivity index (χ3n) is 6.92. The van der Waals surface area contributed by atoms with Crippen molar-refractivity contribution in [3.05, 3.63) is 70.7 Å². The molecule has 180 valence electrons. The second-order valence-electron chi connectivity index (χ2n) is 9.40. The van der Waals surface area contributed by atoms with Gasteiger partial charge in [0.05, 0.1) is 11.5 Å². The van der Waals surface area contributed by atoms with Crippen LogP contribution in [0.1, 0.15) is 63.5 Å². The molecule has 1 saturated heterocycles. The van der Waals surface area contributed by atoms with Gasteiger partial charge in [-0.1, -0.05) is 74.3 Å². The van der Waals surface area contributed by atoms with Gasteiger partial charge in [0.25, 0.3) is 0 Å². The van der Waals surface area contributed by atoms with E-state index in [-0.39, 0.29) is 17.7 Å². The summed E-state index contributed by atoms with van der Waals surface area (Å²) in [5.41, 5.74) is 1.41. The van der Waals surface area contributed by atoms with E-state index < -0.39 is 11.5 Å². The van der Waals surface area contributed by atoms with Gasteiger partial charge in [0.1, 0.15) is 6.04 Å². The van der Waals surface area contributed by atoms with Gasteiger partial charge in [-0.25, -0.2) is 0 Å². The Hall–Kier alpha value is -2.84. The fraction of sp³-hybridized carbons (Fsp3) is 0.464. The maximum absolute atomic E-state index is 12.9. The molecule has 1 heterocycles. The molecule has 0 aliphatic carbocycles. The van der Waals surface area contributed by atoms with Crippen LogP contribution in [0.4, 0.5) is 0 Å². The first kappa shape index (κ1) is 25.8. The number of nitrogens with one attached hydrogen (secondary N) is 1. The molecule has 1 aliphatic heterocycles. The lowest BCUT2D eigenvalue weighted by atomic mass is 9.69. The first-order valence-electron chi connectivity index (χ1n) is 12.2. The Morgan fingerprint density at radius 1 is 1.18 bits per heavy atom. The molecule has 0 saturated carbocycles. The Labute approximate surface area is 208 Å². The van der Waals surface area contributed by atoms with Crippen LogP contribution in [-0.2, 0) is 21.5 Å². The first-order valence-corrected chi connectivity index (χ1v) is 12.5. The van der Waals surface area contributed by atoms with Crippen LogP contribution in [0.2, 0.25) is 5.02 Å². The van der Waals surface area contributed by atoms with Gasteiger partial charge in [-0.15, -0.1) is 0 Å². The lowest BCUT2D eigenvalue weighted by molar-refractivity contribution is -0.138. The summed E-state index contributed by atoms with van der Waals surface area (Å²) in [6, 6.07) is 19.5. The molecule has 2 aromatic carbocycles. The van der Waals surface area contributed by atoms with Crippen LogP contribution >= 0.6 is 11.6 Å². The van der Waals surface area contributed by atoms with Gasteiger partial charge in [0, 0.05) is 24.5 Å². The highest BCUT2D eigenvalue weighted by atomic mass is 35.5. The molecule has 0 unspecified atom stereocenters. The molecular formula is C28H34ClN3O2. The number of carbonyl (C=O) groups excluding carboxylic acids is 2. The summed E-state index contributed by atoms with van der Waals surface area (Å²) in [6.45, 7) is 5.17. The molecular weight excluding hydrogens is 446 g/mol. The molecule has 1 fully saturated rings. The van der Waals surface area contributed by atoms with Crippen LogP contribution in [0.25, 0.3) is 0 Å². The van der Waals surface area contributed by atoms with E-state index in [0.717, 1.165) is 24.0 Å². The third kappa shape index (κ3) is 6.18. The van der Waals surface area contributed by atoms with E-state index in [0.29, 0.717) is 43.8 Å². The van der Waals surface area contributed by atoms with Crippen molar-refractivity contribution in [3.8, 4) is 6.07 Å². The molecule has 2 atom stereocenters. The normalized spacial score (nSPS) is 17.3. The van der Waals surface area contributed by atoms with E-state index in [1.165, 1.54) is 0 Å². The van der Waals surface area contributed by atoms with Gasteiger partial charge in [-0.05, 0) is 54.9 Å². The Morgan fingerprint density at radius 3 is 2.62 bits per heavy atom. The molecule has 0 bridgehead atoms. The van der Waals surface area contributed by atoms with Crippen LogP contribution in [0.3, 0.4) is 0 Å². The summed E-state index contributed by atoms with van der Waals surface area (Å²) < 4.78 is 0. The number of amides is 2. The number of nitrogens with zero attached hydrogens (tertiary/aromatic N) is 2. The highest BCUT2D eigenvalue weighted by molar-refractivity contribution is 6.30. The Morgan fingerprint density at radius 2 is 1.94 bits per heavy atom. The van der Waals surface area contributed by atoms with Crippen LogP contribution in [0.15, 0.2) is 54.6 Å². The molecule has 5 nitrogen and oxygen atoms in total. The van der Waals surface area contributed by atoms with E-state index in [9.17, 15) is 14.9 Å². The summed E-state index contributed by atoms with van der Waals surface area (Å²) in [6.07, 6.45) is 4.11. The summed E-state index contributed by atoms with van der Waals surface area (Å²) >= 11 is 6.02. The molecule has 0 spiro atoms. The van der Waals surface area contributed by atoms with Gasteiger partial charge in [0.2, 0.25) is 11.8 Å². The number of rotatable bonds is 10. The van der Waals surface area contributed by atoms with Crippen molar-refractivity contribution in [2.24, 2.45) is 5.92 Å². The monoisotopic (exact) mass is 479 g/mol. The predicted molar refractivity (Wildman–Crippen MR) is 135 cm³/mol. The number of nitriles is 1. The molecule has 1 N–H and O–H groups in total. The summed E-state index contributed by atoms with van der Waals surface area (Å²) in [5, 5.41) is 13.6. The zero-order valence-electron chi connectivity index (χ0n) is 20.1. The Balaban J connectivity index is 1.51. The molecule has 2 amide bonds.